The van der Waals surface area contributed by atoms with Crippen LogP contribution in [0, 0.1) is 5.92 Å². The first-order chi connectivity index (χ1) is 8.63. The van der Waals surface area contributed by atoms with Crippen LogP contribution in [0.5, 0.6) is 0 Å². The van der Waals surface area contributed by atoms with E-state index in [9.17, 15) is 9.59 Å². The highest BCUT2D eigenvalue weighted by molar-refractivity contribution is 6.10. The molecule has 92 valence electrons. The van der Waals surface area contributed by atoms with Crippen molar-refractivity contribution in [2.24, 2.45) is 11.7 Å². The number of fused-ring (bicyclic) bond motifs is 1. The second-order valence-corrected chi connectivity index (χ2v) is 4.14. The smallest absolute Gasteiger partial charge is 0.228 e. The Kier molecular flexibility index (Phi) is 3.37. The average molecular weight is 242 g/mol. The van der Waals surface area contributed by atoms with Gasteiger partial charge in [-0.05, 0) is 18.6 Å². The Morgan fingerprint density at radius 2 is 2.06 bits per heavy atom. The molecule has 0 aliphatic rings. The summed E-state index contributed by atoms with van der Waals surface area (Å²) in [5.41, 5.74) is 6.47. The highest BCUT2D eigenvalue weighted by Crippen LogP contribution is 2.17. The van der Waals surface area contributed by atoms with Gasteiger partial charge in [-0.15, -0.1) is 0 Å². The van der Waals surface area contributed by atoms with Crippen LogP contribution in [0.3, 0.4) is 0 Å². The molecule has 4 heteroatoms. The minimum atomic E-state index is -0.770. The predicted octanol–water partition coefficient (Wildman–Crippen LogP) is 1.93. The Bertz CT molecular complexity index is 608. The molecule has 1 aromatic carbocycles. The monoisotopic (exact) mass is 242 g/mol. The number of carbonyl (C=O) groups is 2. The fourth-order valence-corrected chi connectivity index (χ4v) is 1.92. The summed E-state index contributed by atoms with van der Waals surface area (Å²) in [6, 6.07) is 9.26. The third kappa shape index (κ3) is 2.22. The number of carbonyl (C=O) groups excluding carboxylic acids is 2. The zero-order valence-electron chi connectivity index (χ0n) is 10.1. The number of hydrogen-bond acceptors (Lipinski definition) is 3. The molecule has 0 saturated heterocycles. The lowest BCUT2D eigenvalue weighted by Crippen LogP contribution is -2.29. The molecule has 1 heterocycles. The standard InChI is InChI=1S/C14H14N2O2/c1-2-11(14(15)18)13(17)10-7-9-5-3-4-6-12(9)16-8-10/h3-8,11H,2H2,1H3,(H2,15,18). The third-order valence-corrected chi connectivity index (χ3v) is 2.94. The summed E-state index contributed by atoms with van der Waals surface area (Å²) in [4.78, 5) is 27.5. The van der Waals surface area contributed by atoms with Gasteiger partial charge in [-0.25, -0.2) is 0 Å². The molecule has 1 aromatic heterocycles. The average Bonchev–Trinajstić information content (AvgIpc) is 2.38. The van der Waals surface area contributed by atoms with Crippen molar-refractivity contribution in [3.8, 4) is 0 Å². The largest absolute Gasteiger partial charge is 0.369 e. The van der Waals surface area contributed by atoms with Crippen LogP contribution in [-0.2, 0) is 4.79 Å². The molecule has 0 radical (unpaired) electrons. The number of aromatic nitrogens is 1. The van der Waals surface area contributed by atoms with E-state index in [-0.39, 0.29) is 5.78 Å². The van der Waals surface area contributed by atoms with Crippen molar-refractivity contribution >= 4 is 22.6 Å². The molecule has 18 heavy (non-hydrogen) atoms. The second kappa shape index (κ2) is 4.96. The summed E-state index contributed by atoms with van der Waals surface area (Å²) in [7, 11) is 0. The molecular formula is C14H14N2O2. The van der Waals surface area contributed by atoms with Crippen molar-refractivity contribution in [3.05, 3.63) is 42.1 Å². The Hall–Kier alpha value is -2.23. The molecule has 1 atom stereocenters. The quantitative estimate of drug-likeness (QED) is 0.657. The maximum Gasteiger partial charge on any atom is 0.228 e. The lowest BCUT2D eigenvalue weighted by Gasteiger charge is -2.09. The van der Waals surface area contributed by atoms with E-state index >= 15 is 0 Å². The summed E-state index contributed by atoms with van der Waals surface area (Å²) < 4.78 is 0. The predicted molar refractivity (Wildman–Crippen MR) is 69.0 cm³/mol. The first-order valence-corrected chi connectivity index (χ1v) is 5.81. The molecule has 0 bridgehead atoms. The van der Waals surface area contributed by atoms with Crippen LogP contribution in [0.1, 0.15) is 23.7 Å². The van der Waals surface area contributed by atoms with Gasteiger partial charge in [0.2, 0.25) is 5.91 Å². The van der Waals surface area contributed by atoms with Crippen LogP contribution >= 0.6 is 0 Å². The summed E-state index contributed by atoms with van der Waals surface area (Å²) in [5.74, 6) is -1.62. The molecule has 4 nitrogen and oxygen atoms in total. The highest BCUT2D eigenvalue weighted by atomic mass is 16.2. The minimum Gasteiger partial charge on any atom is -0.369 e. The highest BCUT2D eigenvalue weighted by Gasteiger charge is 2.23. The molecule has 0 saturated carbocycles. The van der Waals surface area contributed by atoms with Crippen LogP contribution in [0.15, 0.2) is 36.5 Å². The summed E-state index contributed by atoms with van der Waals surface area (Å²) in [6.45, 7) is 1.77. The summed E-state index contributed by atoms with van der Waals surface area (Å²) in [6.07, 6.45) is 1.90. The van der Waals surface area contributed by atoms with E-state index in [0.717, 1.165) is 10.9 Å². The van der Waals surface area contributed by atoms with E-state index in [0.29, 0.717) is 12.0 Å². The molecule has 2 rings (SSSR count). The molecule has 2 aromatic rings. The number of benzene rings is 1. The van der Waals surface area contributed by atoms with Crippen LogP contribution in [0.25, 0.3) is 10.9 Å². The van der Waals surface area contributed by atoms with E-state index in [1.165, 1.54) is 6.20 Å². The van der Waals surface area contributed by atoms with Crippen LogP contribution in [-0.4, -0.2) is 16.7 Å². The number of primary amides is 1. The Balaban J connectivity index is 2.42. The number of Topliss-reactive ketones (excluding diaryl/α,β-unsaturated/α-hetero) is 1. The van der Waals surface area contributed by atoms with E-state index in [1.807, 2.05) is 24.3 Å². The topological polar surface area (TPSA) is 73.1 Å². The molecule has 1 amide bonds. The number of amides is 1. The third-order valence-electron chi connectivity index (χ3n) is 2.94. The van der Waals surface area contributed by atoms with E-state index in [1.54, 1.807) is 13.0 Å². The lowest BCUT2D eigenvalue weighted by molar-refractivity contribution is -0.120. The fraction of sp³-hybridized carbons (Fsp3) is 0.214. The van der Waals surface area contributed by atoms with Crippen LogP contribution in [0.4, 0.5) is 0 Å². The van der Waals surface area contributed by atoms with Crippen molar-refractivity contribution in [3.63, 3.8) is 0 Å². The summed E-state index contributed by atoms with van der Waals surface area (Å²) in [5, 5.41) is 0.877. The molecule has 0 fully saturated rings. The first-order valence-electron chi connectivity index (χ1n) is 5.81. The molecule has 1 unspecified atom stereocenters. The van der Waals surface area contributed by atoms with Crippen LogP contribution in [0.2, 0.25) is 0 Å². The summed E-state index contributed by atoms with van der Waals surface area (Å²) >= 11 is 0. The molecular weight excluding hydrogens is 228 g/mol. The number of hydrogen-bond donors (Lipinski definition) is 1. The zero-order chi connectivity index (χ0) is 13.1. The number of nitrogens with zero attached hydrogens (tertiary/aromatic N) is 1. The van der Waals surface area contributed by atoms with E-state index in [2.05, 4.69) is 4.98 Å². The number of para-hydroxylation sites is 1. The SMILES string of the molecule is CCC(C(N)=O)C(=O)c1cnc2ccccc2c1. The molecule has 0 spiro atoms. The lowest BCUT2D eigenvalue weighted by atomic mass is 9.95. The van der Waals surface area contributed by atoms with Crippen molar-refractivity contribution in [2.75, 3.05) is 0 Å². The van der Waals surface area contributed by atoms with Gasteiger partial charge in [-0.3, -0.25) is 14.6 Å². The van der Waals surface area contributed by atoms with Crippen molar-refractivity contribution in [1.29, 1.82) is 0 Å². The van der Waals surface area contributed by atoms with Gasteiger partial charge in [0.25, 0.3) is 0 Å². The molecule has 2 N–H and O–H groups in total. The van der Waals surface area contributed by atoms with Gasteiger partial charge in [-0.2, -0.15) is 0 Å². The van der Waals surface area contributed by atoms with Crippen LogP contribution < -0.4 is 5.73 Å². The first kappa shape index (κ1) is 12.2. The Morgan fingerprint density at radius 1 is 1.33 bits per heavy atom. The maximum atomic E-state index is 12.1. The fourth-order valence-electron chi connectivity index (χ4n) is 1.92. The number of pyridine rings is 1. The maximum absolute atomic E-state index is 12.1. The van der Waals surface area contributed by atoms with Gasteiger partial charge in [0.15, 0.2) is 5.78 Å². The molecule has 0 aliphatic carbocycles. The second-order valence-electron chi connectivity index (χ2n) is 4.14. The Morgan fingerprint density at radius 3 is 2.72 bits per heavy atom. The normalized spacial score (nSPS) is 12.3. The van der Waals surface area contributed by atoms with Gasteiger partial charge in [0.1, 0.15) is 5.92 Å². The number of rotatable bonds is 4. The minimum absolute atomic E-state index is 0.261. The van der Waals surface area contributed by atoms with E-state index in [4.69, 9.17) is 5.73 Å². The zero-order valence-corrected chi connectivity index (χ0v) is 10.1. The van der Waals surface area contributed by atoms with Gasteiger partial charge in [-0.1, -0.05) is 25.1 Å². The van der Waals surface area contributed by atoms with Crippen molar-refractivity contribution in [2.45, 2.75) is 13.3 Å². The molecule has 0 aliphatic heterocycles. The van der Waals surface area contributed by atoms with E-state index < -0.39 is 11.8 Å². The van der Waals surface area contributed by atoms with Gasteiger partial charge < -0.3 is 5.73 Å². The number of nitrogens with two attached hydrogens (primary N) is 1. The van der Waals surface area contributed by atoms with Crippen molar-refractivity contribution in [1.82, 2.24) is 4.98 Å². The van der Waals surface area contributed by atoms with Crippen molar-refractivity contribution < 1.29 is 9.59 Å². The van der Waals surface area contributed by atoms with Gasteiger partial charge in [0, 0.05) is 17.1 Å². The number of ketones is 1. The Labute approximate surface area is 105 Å². The van der Waals surface area contributed by atoms with Gasteiger partial charge >= 0.3 is 0 Å². The van der Waals surface area contributed by atoms with Gasteiger partial charge in [0.05, 0.1) is 5.52 Å².